The summed E-state index contributed by atoms with van der Waals surface area (Å²) in [5.41, 5.74) is 7.44. The van der Waals surface area contributed by atoms with Gasteiger partial charge in [-0.15, -0.1) is 6.58 Å². The lowest BCUT2D eigenvalue weighted by Crippen LogP contribution is -2.11. The van der Waals surface area contributed by atoms with Crippen molar-refractivity contribution in [3.05, 3.63) is 46.8 Å². The van der Waals surface area contributed by atoms with E-state index >= 15 is 0 Å². The predicted molar refractivity (Wildman–Crippen MR) is 57.8 cm³/mol. The van der Waals surface area contributed by atoms with Crippen molar-refractivity contribution in [3.8, 4) is 0 Å². The van der Waals surface area contributed by atoms with E-state index in [-0.39, 0.29) is 11.9 Å². The molecule has 0 saturated heterocycles. The van der Waals surface area contributed by atoms with Crippen LogP contribution in [0.5, 0.6) is 0 Å². The Kier molecular flexibility index (Phi) is 3.67. The average Bonchev–Trinajstić information content (AvgIpc) is 2.08. The minimum Gasteiger partial charge on any atom is -0.324 e. The van der Waals surface area contributed by atoms with Gasteiger partial charge in [0, 0.05) is 11.1 Å². The lowest BCUT2D eigenvalue weighted by molar-refractivity contribution is 0.618. The maximum atomic E-state index is 12.9. The molecular formula is C11H13ClFN. The molecule has 0 aliphatic heterocycles. The van der Waals surface area contributed by atoms with E-state index in [2.05, 4.69) is 6.58 Å². The number of halogens is 2. The molecule has 0 aromatic heterocycles. The van der Waals surface area contributed by atoms with E-state index in [4.69, 9.17) is 17.3 Å². The molecule has 76 valence electrons. The third-order valence-electron chi connectivity index (χ3n) is 1.93. The molecule has 1 aromatic carbocycles. The quantitative estimate of drug-likeness (QED) is 0.765. The van der Waals surface area contributed by atoms with Crippen molar-refractivity contribution in [1.82, 2.24) is 0 Å². The van der Waals surface area contributed by atoms with Gasteiger partial charge in [0.1, 0.15) is 5.82 Å². The predicted octanol–water partition coefficient (Wildman–Crippen LogP) is 3.45. The van der Waals surface area contributed by atoms with Crippen molar-refractivity contribution in [2.45, 2.75) is 19.4 Å². The van der Waals surface area contributed by atoms with Gasteiger partial charge in [0.15, 0.2) is 0 Å². The highest BCUT2D eigenvalue weighted by atomic mass is 35.5. The Labute approximate surface area is 88.4 Å². The summed E-state index contributed by atoms with van der Waals surface area (Å²) in [6, 6.07) is 3.93. The maximum absolute atomic E-state index is 12.9. The van der Waals surface area contributed by atoms with Crippen molar-refractivity contribution >= 4 is 11.6 Å². The molecule has 1 atom stereocenters. The summed E-state index contributed by atoms with van der Waals surface area (Å²) >= 11 is 5.90. The maximum Gasteiger partial charge on any atom is 0.123 e. The molecule has 0 heterocycles. The van der Waals surface area contributed by atoms with Crippen LogP contribution < -0.4 is 5.73 Å². The lowest BCUT2D eigenvalue weighted by Gasteiger charge is -2.13. The smallest absolute Gasteiger partial charge is 0.123 e. The Bertz CT molecular complexity index is 349. The van der Waals surface area contributed by atoms with E-state index in [1.807, 2.05) is 6.92 Å². The summed E-state index contributed by atoms with van der Waals surface area (Å²) in [7, 11) is 0. The summed E-state index contributed by atoms with van der Waals surface area (Å²) in [5.74, 6) is -0.318. The van der Waals surface area contributed by atoms with Gasteiger partial charge in [-0.2, -0.15) is 0 Å². The Morgan fingerprint density at radius 3 is 2.86 bits per heavy atom. The van der Waals surface area contributed by atoms with Crippen LogP contribution in [0.4, 0.5) is 4.39 Å². The highest BCUT2D eigenvalue weighted by Crippen LogP contribution is 2.25. The van der Waals surface area contributed by atoms with Crippen molar-refractivity contribution in [2.75, 3.05) is 0 Å². The van der Waals surface area contributed by atoms with Crippen LogP contribution in [0.3, 0.4) is 0 Å². The Morgan fingerprint density at radius 1 is 1.64 bits per heavy atom. The van der Waals surface area contributed by atoms with Gasteiger partial charge >= 0.3 is 0 Å². The van der Waals surface area contributed by atoms with Gasteiger partial charge in [0.2, 0.25) is 0 Å². The molecule has 14 heavy (non-hydrogen) atoms. The monoisotopic (exact) mass is 213 g/mol. The van der Waals surface area contributed by atoms with Gasteiger partial charge in [-0.25, -0.2) is 4.39 Å². The van der Waals surface area contributed by atoms with E-state index in [0.717, 1.165) is 5.57 Å². The van der Waals surface area contributed by atoms with Crippen LogP contribution in [0.2, 0.25) is 5.02 Å². The highest BCUT2D eigenvalue weighted by Gasteiger charge is 2.10. The van der Waals surface area contributed by atoms with Crippen LogP contribution in [0.1, 0.15) is 24.9 Å². The minimum atomic E-state index is -0.318. The normalized spacial score (nSPS) is 12.6. The first-order chi connectivity index (χ1) is 6.50. The van der Waals surface area contributed by atoms with Crippen LogP contribution >= 0.6 is 11.6 Å². The highest BCUT2D eigenvalue weighted by molar-refractivity contribution is 6.31. The number of benzene rings is 1. The lowest BCUT2D eigenvalue weighted by atomic mass is 10.0. The fourth-order valence-corrected chi connectivity index (χ4v) is 1.54. The zero-order chi connectivity index (χ0) is 10.7. The molecule has 1 nitrogen and oxygen atoms in total. The molecule has 0 fully saturated rings. The fourth-order valence-electron chi connectivity index (χ4n) is 1.28. The minimum absolute atomic E-state index is 0.282. The van der Waals surface area contributed by atoms with Gasteiger partial charge < -0.3 is 5.73 Å². The van der Waals surface area contributed by atoms with Crippen LogP contribution in [-0.4, -0.2) is 0 Å². The van der Waals surface area contributed by atoms with E-state index in [1.165, 1.54) is 18.2 Å². The Balaban J connectivity index is 2.93. The molecule has 0 radical (unpaired) electrons. The van der Waals surface area contributed by atoms with E-state index < -0.39 is 0 Å². The summed E-state index contributed by atoms with van der Waals surface area (Å²) in [5, 5.41) is 0.500. The fraction of sp³-hybridized carbons (Fsp3) is 0.273. The first kappa shape index (κ1) is 11.2. The van der Waals surface area contributed by atoms with Crippen molar-refractivity contribution in [3.63, 3.8) is 0 Å². The van der Waals surface area contributed by atoms with E-state index in [1.54, 1.807) is 0 Å². The second-order valence-corrected chi connectivity index (χ2v) is 3.84. The van der Waals surface area contributed by atoms with Crippen molar-refractivity contribution in [2.24, 2.45) is 5.73 Å². The van der Waals surface area contributed by atoms with E-state index in [9.17, 15) is 4.39 Å². The van der Waals surface area contributed by atoms with E-state index in [0.29, 0.717) is 17.0 Å². The SMILES string of the molecule is C=C(C)C[C@@H](N)c1cc(F)ccc1Cl. The summed E-state index contributed by atoms with van der Waals surface area (Å²) in [6.45, 7) is 5.64. The van der Waals surface area contributed by atoms with Gasteiger partial charge in [-0.05, 0) is 37.1 Å². The number of rotatable bonds is 3. The molecule has 1 rings (SSSR count). The number of nitrogens with two attached hydrogens (primary N) is 1. The van der Waals surface area contributed by atoms with Gasteiger partial charge in [0.05, 0.1) is 0 Å². The summed E-state index contributed by atoms with van der Waals surface area (Å²) in [6.07, 6.45) is 0.614. The average molecular weight is 214 g/mol. The number of hydrogen-bond acceptors (Lipinski definition) is 1. The molecule has 0 aliphatic carbocycles. The topological polar surface area (TPSA) is 26.0 Å². The molecule has 0 bridgehead atoms. The molecule has 0 unspecified atom stereocenters. The third kappa shape index (κ3) is 2.82. The van der Waals surface area contributed by atoms with Crippen molar-refractivity contribution < 1.29 is 4.39 Å². The van der Waals surface area contributed by atoms with Crippen LogP contribution in [0.15, 0.2) is 30.4 Å². The summed E-state index contributed by atoms with van der Waals surface area (Å²) < 4.78 is 12.9. The molecular weight excluding hydrogens is 201 g/mol. The zero-order valence-electron chi connectivity index (χ0n) is 8.06. The molecule has 0 saturated carbocycles. The van der Waals surface area contributed by atoms with Gasteiger partial charge in [-0.1, -0.05) is 17.2 Å². The number of hydrogen-bond donors (Lipinski definition) is 1. The standard InChI is InChI=1S/C11H13ClFN/c1-7(2)5-11(14)9-6-8(13)3-4-10(9)12/h3-4,6,11H,1,5,14H2,2H3/t11-/m1/s1. The first-order valence-corrected chi connectivity index (χ1v) is 4.73. The van der Waals surface area contributed by atoms with Crippen LogP contribution in [0.25, 0.3) is 0 Å². The third-order valence-corrected chi connectivity index (χ3v) is 2.27. The zero-order valence-corrected chi connectivity index (χ0v) is 8.81. The van der Waals surface area contributed by atoms with Crippen LogP contribution in [0, 0.1) is 5.82 Å². The molecule has 1 aromatic rings. The molecule has 2 N–H and O–H groups in total. The molecule has 3 heteroatoms. The second-order valence-electron chi connectivity index (χ2n) is 3.43. The molecule has 0 spiro atoms. The van der Waals surface area contributed by atoms with Gasteiger partial charge in [0.25, 0.3) is 0 Å². The first-order valence-electron chi connectivity index (χ1n) is 4.35. The van der Waals surface area contributed by atoms with Crippen LogP contribution in [-0.2, 0) is 0 Å². The molecule has 0 amide bonds. The Hall–Kier alpha value is -0.860. The Morgan fingerprint density at radius 2 is 2.29 bits per heavy atom. The van der Waals surface area contributed by atoms with Crippen molar-refractivity contribution in [1.29, 1.82) is 0 Å². The summed E-state index contributed by atoms with van der Waals surface area (Å²) in [4.78, 5) is 0. The molecule has 0 aliphatic rings. The van der Waals surface area contributed by atoms with Gasteiger partial charge in [-0.3, -0.25) is 0 Å². The second kappa shape index (κ2) is 4.58. The largest absolute Gasteiger partial charge is 0.324 e.